The number of nitrogens with zero attached hydrogens (tertiary/aromatic N) is 1. The van der Waals surface area contributed by atoms with Crippen molar-refractivity contribution in [2.24, 2.45) is 0 Å². The first-order valence-electron chi connectivity index (χ1n) is 7.06. The quantitative estimate of drug-likeness (QED) is 0.907. The van der Waals surface area contributed by atoms with Gasteiger partial charge in [0.15, 0.2) is 0 Å². The summed E-state index contributed by atoms with van der Waals surface area (Å²) in [6.07, 6.45) is 1.38. The third kappa shape index (κ3) is 2.55. The van der Waals surface area contributed by atoms with Gasteiger partial charge in [-0.2, -0.15) is 0 Å². The van der Waals surface area contributed by atoms with E-state index in [0.29, 0.717) is 30.0 Å². The first-order valence-corrected chi connectivity index (χ1v) is 7.06. The van der Waals surface area contributed by atoms with E-state index in [0.717, 1.165) is 6.42 Å². The van der Waals surface area contributed by atoms with Gasteiger partial charge in [0.05, 0.1) is 12.2 Å². The highest BCUT2D eigenvalue weighted by molar-refractivity contribution is 6.00. The van der Waals surface area contributed by atoms with Crippen LogP contribution in [0.15, 0.2) is 10.5 Å². The number of rotatable bonds is 4. The molecule has 2 heterocycles. The van der Waals surface area contributed by atoms with Gasteiger partial charge in [-0.05, 0) is 32.8 Å². The molecule has 0 spiro atoms. The lowest BCUT2D eigenvalue weighted by atomic mass is 9.95. The molecule has 116 valence electrons. The van der Waals surface area contributed by atoms with Gasteiger partial charge in [-0.25, -0.2) is 0 Å². The van der Waals surface area contributed by atoms with Crippen molar-refractivity contribution >= 4 is 11.8 Å². The Hall–Kier alpha value is -1.82. The molecule has 1 atom stereocenters. The summed E-state index contributed by atoms with van der Waals surface area (Å²) in [5.74, 6) is 0.899. The average molecular weight is 294 g/mol. The Balaban J connectivity index is 2.38. The number of furan rings is 1. The van der Waals surface area contributed by atoms with Crippen LogP contribution < -0.4 is 5.32 Å². The minimum atomic E-state index is -0.932. The van der Waals surface area contributed by atoms with Crippen LogP contribution in [0.2, 0.25) is 0 Å². The van der Waals surface area contributed by atoms with E-state index in [1.807, 2.05) is 0 Å². The molecule has 2 amide bonds. The Morgan fingerprint density at radius 2 is 2.19 bits per heavy atom. The molecule has 1 aromatic rings. The van der Waals surface area contributed by atoms with Gasteiger partial charge in [0.25, 0.3) is 5.91 Å². The standard InChI is InChI=1S/C15H22N2O4/c1-10-8-12(11(2)21-10)13(18)17-7-5-6-15(17,9-20-4)14(19)16-3/h8H,5-7,9H2,1-4H3,(H,16,19). The largest absolute Gasteiger partial charge is 0.466 e. The Bertz CT molecular complexity index is 552. The zero-order valence-electron chi connectivity index (χ0n) is 13.0. The Labute approximate surface area is 124 Å². The highest BCUT2D eigenvalue weighted by Gasteiger charge is 2.50. The third-order valence-electron chi connectivity index (χ3n) is 4.04. The smallest absolute Gasteiger partial charge is 0.258 e. The number of ether oxygens (including phenoxy) is 1. The van der Waals surface area contributed by atoms with Crippen LogP contribution >= 0.6 is 0 Å². The van der Waals surface area contributed by atoms with Crippen LogP contribution in [-0.4, -0.2) is 49.6 Å². The number of likely N-dealkylation sites (tertiary alicyclic amines) is 1. The van der Waals surface area contributed by atoms with Crippen molar-refractivity contribution in [2.45, 2.75) is 32.2 Å². The molecule has 0 saturated carbocycles. The van der Waals surface area contributed by atoms with Gasteiger partial charge in [0, 0.05) is 20.7 Å². The average Bonchev–Trinajstić information content (AvgIpc) is 3.02. The molecule has 0 aliphatic carbocycles. The second kappa shape index (κ2) is 5.89. The van der Waals surface area contributed by atoms with Gasteiger partial charge >= 0.3 is 0 Å². The molecule has 21 heavy (non-hydrogen) atoms. The van der Waals surface area contributed by atoms with Crippen LogP contribution in [0.3, 0.4) is 0 Å². The number of carbonyl (C=O) groups is 2. The summed E-state index contributed by atoms with van der Waals surface area (Å²) < 4.78 is 10.7. The summed E-state index contributed by atoms with van der Waals surface area (Å²) in [4.78, 5) is 26.8. The fourth-order valence-electron chi connectivity index (χ4n) is 3.09. The van der Waals surface area contributed by atoms with Gasteiger partial charge < -0.3 is 19.4 Å². The van der Waals surface area contributed by atoms with E-state index in [-0.39, 0.29) is 18.4 Å². The van der Waals surface area contributed by atoms with Crippen molar-refractivity contribution < 1.29 is 18.7 Å². The molecule has 1 aliphatic heterocycles. The summed E-state index contributed by atoms with van der Waals surface area (Å²) in [6, 6.07) is 1.72. The fourth-order valence-corrected chi connectivity index (χ4v) is 3.09. The molecule has 1 aliphatic rings. The lowest BCUT2D eigenvalue weighted by molar-refractivity contribution is -0.133. The molecular formula is C15H22N2O4. The molecule has 1 aromatic heterocycles. The van der Waals surface area contributed by atoms with Crippen LogP contribution in [-0.2, 0) is 9.53 Å². The molecule has 2 rings (SSSR count). The van der Waals surface area contributed by atoms with Crippen LogP contribution in [0.25, 0.3) is 0 Å². The normalized spacial score (nSPS) is 21.6. The Morgan fingerprint density at radius 3 is 2.71 bits per heavy atom. The predicted molar refractivity (Wildman–Crippen MR) is 77.1 cm³/mol. The summed E-state index contributed by atoms with van der Waals surface area (Å²) in [6.45, 7) is 4.29. The van der Waals surface area contributed by atoms with Crippen LogP contribution in [0.5, 0.6) is 0 Å². The van der Waals surface area contributed by atoms with Crippen LogP contribution in [0.4, 0.5) is 0 Å². The molecular weight excluding hydrogens is 272 g/mol. The molecule has 0 aromatic carbocycles. The molecule has 6 nitrogen and oxygen atoms in total. The maximum atomic E-state index is 12.8. The molecule has 1 unspecified atom stereocenters. The SMILES string of the molecule is CNC(=O)C1(COC)CCCN1C(=O)c1cc(C)oc1C. The van der Waals surface area contributed by atoms with Gasteiger partial charge in [0.2, 0.25) is 5.91 Å². The maximum absolute atomic E-state index is 12.8. The summed E-state index contributed by atoms with van der Waals surface area (Å²) in [7, 11) is 3.12. The van der Waals surface area contributed by atoms with Gasteiger partial charge in [-0.15, -0.1) is 0 Å². The van der Waals surface area contributed by atoms with Crippen molar-refractivity contribution in [1.29, 1.82) is 0 Å². The van der Waals surface area contributed by atoms with E-state index in [2.05, 4.69) is 5.32 Å². The Kier molecular flexibility index (Phi) is 4.37. The molecule has 1 fully saturated rings. The van der Waals surface area contributed by atoms with Crippen LogP contribution in [0, 0.1) is 13.8 Å². The molecule has 0 bridgehead atoms. The summed E-state index contributed by atoms with van der Waals surface area (Å²) in [5.41, 5.74) is -0.420. The van der Waals surface area contributed by atoms with Crippen molar-refractivity contribution in [2.75, 3.05) is 27.3 Å². The first-order chi connectivity index (χ1) is 9.96. The number of hydrogen-bond donors (Lipinski definition) is 1. The highest BCUT2D eigenvalue weighted by Crippen LogP contribution is 2.32. The maximum Gasteiger partial charge on any atom is 0.258 e. The second-order valence-corrected chi connectivity index (χ2v) is 5.43. The van der Waals surface area contributed by atoms with E-state index in [1.54, 1.807) is 39.0 Å². The first kappa shape index (κ1) is 15.6. The fraction of sp³-hybridized carbons (Fsp3) is 0.600. The molecule has 0 radical (unpaired) electrons. The number of methoxy groups -OCH3 is 1. The van der Waals surface area contributed by atoms with Gasteiger partial charge in [0.1, 0.15) is 17.1 Å². The minimum absolute atomic E-state index is 0.178. The summed E-state index contributed by atoms with van der Waals surface area (Å²) in [5, 5.41) is 2.65. The molecule has 1 saturated heterocycles. The predicted octanol–water partition coefficient (Wildman–Crippen LogP) is 1.26. The van der Waals surface area contributed by atoms with Gasteiger partial charge in [-0.3, -0.25) is 9.59 Å². The summed E-state index contributed by atoms with van der Waals surface area (Å²) >= 11 is 0. The van der Waals surface area contributed by atoms with E-state index in [4.69, 9.17) is 9.15 Å². The number of likely N-dealkylation sites (N-methyl/N-ethyl adjacent to an activating group) is 1. The number of aryl methyl sites for hydroxylation is 2. The zero-order valence-corrected chi connectivity index (χ0v) is 13.0. The van der Waals surface area contributed by atoms with Crippen molar-refractivity contribution in [1.82, 2.24) is 10.2 Å². The number of carbonyl (C=O) groups excluding carboxylic acids is 2. The Morgan fingerprint density at radius 1 is 1.48 bits per heavy atom. The molecule has 1 N–H and O–H groups in total. The molecule has 6 heteroatoms. The number of hydrogen-bond acceptors (Lipinski definition) is 4. The van der Waals surface area contributed by atoms with Crippen molar-refractivity contribution in [3.05, 3.63) is 23.2 Å². The number of amides is 2. The van der Waals surface area contributed by atoms with E-state index >= 15 is 0 Å². The third-order valence-corrected chi connectivity index (χ3v) is 4.04. The minimum Gasteiger partial charge on any atom is -0.466 e. The second-order valence-electron chi connectivity index (χ2n) is 5.43. The topological polar surface area (TPSA) is 71.8 Å². The van der Waals surface area contributed by atoms with Gasteiger partial charge in [-0.1, -0.05) is 0 Å². The van der Waals surface area contributed by atoms with Crippen LogP contribution in [0.1, 0.15) is 34.7 Å². The number of nitrogens with one attached hydrogen (secondary N) is 1. The monoisotopic (exact) mass is 294 g/mol. The van der Waals surface area contributed by atoms with E-state index < -0.39 is 5.54 Å². The van der Waals surface area contributed by atoms with Crippen molar-refractivity contribution in [3.63, 3.8) is 0 Å². The lowest BCUT2D eigenvalue weighted by Gasteiger charge is -2.36. The van der Waals surface area contributed by atoms with Crippen molar-refractivity contribution in [3.8, 4) is 0 Å². The van der Waals surface area contributed by atoms with E-state index in [9.17, 15) is 9.59 Å². The highest BCUT2D eigenvalue weighted by atomic mass is 16.5. The zero-order chi connectivity index (χ0) is 15.6. The van der Waals surface area contributed by atoms with E-state index in [1.165, 1.54) is 0 Å². The lowest BCUT2D eigenvalue weighted by Crippen LogP contribution is -2.59.